The van der Waals surface area contributed by atoms with Gasteiger partial charge in [-0.2, -0.15) is 0 Å². The normalized spacial score (nSPS) is 11.3. The van der Waals surface area contributed by atoms with Gasteiger partial charge in [-0.05, 0) is 32.4 Å². The zero-order valence-electron chi connectivity index (χ0n) is 16.8. The second-order valence-corrected chi connectivity index (χ2v) is 7.19. The van der Waals surface area contributed by atoms with Crippen molar-refractivity contribution in [2.45, 2.75) is 78.2 Å². The van der Waals surface area contributed by atoms with Crippen LogP contribution < -0.4 is 15.1 Å². The van der Waals surface area contributed by atoms with Gasteiger partial charge in [0, 0.05) is 0 Å². The molecule has 5 nitrogen and oxygen atoms in total. The van der Waals surface area contributed by atoms with Crippen LogP contribution in [0.2, 0.25) is 0 Å². The third kappa shape index (κ3) is 6.19. The van der Waals surface area contributed by atoms with Gasteiger partial charge in [0.15, 0.2) is 17.1 Å². The van der Waals surface area contributed by atoms with Crippen LogP contribution in [0.3, 0.4) is 0 Å². The number of rotatable bonds is 12. The molecule has 2 rings (SSSR count). The largest absolute Gasteiger partial charge is 0.504 e. The van der Waals surface area contributed by atoms with Crippen molar-refractivity contribution in [3.8, 4) is 17.2 Å². The molecule has 0 radical (unpaired) electrons. The van der Waals surface area contributed by atoms with E-state index >= 15 is 0 Å². The van der Waals surface area contributed by atoms with Gasteiger partial charge in [0.25, 0.3) is 0 Å². The van der Waals surface area contributed by atoms with Crippen molar-refractivity contribution in [2.24, 2.45) is 0 Å². The first-order chi connectivity index (χ1) is 13.0. The van der Waals surface area contributed by atoms with E-state index in [0.29, 0.717) is 17.7 Å². The monoisotopic (exact) mass is 376 g/mol. The standard InChI is InChI=1S/C22H32O5/c1-4-5-6-7-8-9-10-11-15-25-21-19(23)17-13-12-14-18(26-16(2)3)20(17)27-22(21)24/h12-14,16,23H,4-11,15H2,1-3H3. The third-order valence-corrected chi connectivity index (χ3v) is 4.44. The van der Waals surface area contributed by atoms with Gasteiger partial charge >= 0.3 is 5.63 Å². The molecule has 0 atom stereocenters. The van der Waals surface area contributed by atoms with Crippen molar-refractivity contribution in [1.29, 1.82) is 0 Å². The molecule has 0 fully saturated rings. The molecule has 150 valence electrons. The van der Waals surface area contributed by atoms with Crippen LogP contribution in [0.25, 0.3) is 11.0 Å². The van der Waals surface area contributed by atoms with Crippen molar-refractivity contribution in [3.05, 3.63) is 28.6 Å². The highest BCUT2D eigenvalue weighted by Crippen LogP contribution is 2.36. The zero-order valence-corrected chi connectivity index (χ0v) is 16.8. The number of fused-ring (bicyclic) bond motifs is 1. The lowest BCUT2D eigenvalue weighted by Gasteiger charge is -2.13. The lowest BCUT2D eigenvalue weighted by molar-refractivity contribution is 0.240. The summed E-state index contributed by atoms with van der Waals surface area (Å²) in [5.74, 6) is 0.131. The lowest BCUT2D eigenvalue weighted by Crippen LogP contribution is -2.10. The van der Waals surface area contributed by atoms with Crippen molar-refractivity contribution >= 4 is 11.0 Å². The van der Waals surface area contributed by atoms with Gasteiger partial charge in [-0.15, -0.1) is 0 Å². The SMILES string of the molecule is CCCCCCCCCCOc1c(O)c2cccc(OC(C)C)c2oc1=O. The maximum Gasteiger partial charge on any atom is 0.383 e. The summed E-state index contributed by atoms with van der Waals surface area (Å²) < 4.78 is 16.6. The first-order valence-corrected chi connectivity index (χ1v) is 10.1. The van der Waals surface area contributed by atoms with E-state index < -0.39 is 5.63 Å². The maximum absolute atomic E-state index is 12.3. The van der Waals surface area contributed by atoms with Crippen molar-refractivity contribution in [1.82, 2.24) is 0 Å². The predicted octanol–water partition coefficient (Wildman–Crippen LogP) is 5.81. The first-order valence-electron chi connectivity index (χ1n) is 10.1. The molecule has 2 aromatic rings. The fraction of sp³-hybridized carbons (Fsp3) is 0.591. The molecule has 0 saturated heterocycles. The van der Waals surface area contributed by atoms with Crippen LogP contribution in [-0.4, -0.2) is 17.8 Å². The Bertz CT molecular complexity index is 763. The Kier molecular flexibility index (Phi) is 8.49. The molecule has 1 aromatic carbocycles. The summed E-state index contributed by atoms with van der Waals surface area (Å²) >= 11 is 0. The quantitative estimate of drug-likeness (QED) is 0.374. The Morgan fingerprint density at radius 2 is 1.70 bits per heavy atom. The molecular formula is C22H32O5. The maximum atomic E-state index is 12.3. The zero-order chi connectivity index (χ0) is 19.6. The smallest absolute Gasteiger partial charge is 0.383 e. The van der Waals surface area contributed by atoms with E-state index in [9.17, 15) is 9.90 Å². The van der Waals surface area contributed by atoms with Crippen LogP contribution in [0.5, 0.6) is 17.2 Å². The summed E-state index contributed by atoms with van der Waals surface area (Å²) in [6, 6.07) is 5.15. The molecule has 0 bridgehead atoms. The van der Waals surface area contributed by atoms with Gasteiger partial charge in [-0.1, -0.05) is 57.9 Å². The summed E-state index contributed by atoms with van der Waals surface area (Å²) in [6.45, 7) is 6.38. The fourth-order valence-corrected chi connectivity index (χ4v) is 3.05. The Labute approximate surface area is 161 Å². The molecule has 1 N–H and O–H groups in total. The molecule has 0 aliphatic heterocycles. The van der Waals surface area contributed by atoms with E-state index in [1.54, 1.807) is 18.2 Å². The van der Waals surface area contributed by atoms with Crippen LogP contribution in [0.1, 0.15) is 72.1 Å². The number of benzene rings is 1. The fourth-order valence-electron chi connectivity index (χ4n) is 3.05. The number of hydrogen-bond donors (Lipinski definition) is 1. The molecule has 1 heterocycles. The Morgan fingerprint density at radius 3 is 2.37 bits per heavy atom. The molecule has 0 amide bonds. The third-order valence-electron chi connectivity index (χ3n) is 4.44. The van der Waals surface area contributed by atoms with Crippen molar-refractivity contribution < 1.29 is 19.0 Å². The van der Waals surface area contributed by atoms with Gasteiger partial charge in [-0.3, -0.25) is 0 Å². The number of hydrogen-bond acceptors (Lipinski definition) is 5. The Morgan fingerprint density at radius 1 is 1.04 bits per heavy atom. The predicted molar refractivity (Wildman–Crippen MR) is 108 cm³/mol. The Balaban J connectivity index is 1.94. The summed E-state index contributed by atoms with van der Waals surface area (Å²) in [5.41, 5.74) is -0.437. The lowest BCUT2D eigenvalue weighted by atomic mass is 10.1. The number of unbranched alkanes of at least 4 members (excludes halogenated alkanes) is 7. The molecule has 0 saturated carbocycles. The summed E-state index contributed by atoms with van der Waals surface area (Å²) in [4.78, 5) is 12.3. The molecule has 0 aliphatic rings. The van der Waals surface area contributed by atoms with Crippen molar-refractivity contribution in [2.75, 3.05) is 6.61 Å². The number of para-hydroxylation sites is 1. The van der Waals surface area contributed by atoms with Gasteiger partial charge in [-0.25, -0.2) is 4.79 Å². The summed E-state index contributed by atoms with van der Waals surface area (Å²) in [7, 11) is 0. The van der Waals surface area contributed by atoms with Gasteiger partial charge in [0.2, 0.25) is 5.75 Å². The molecule has 1 aromatic heterocycles. The minimum absolute atomic E-state index is 0.0686. The van der Waals surface area contributed by atoms with E-state index in [0.717, 1.165) is 12.8 Å². The molecule has 0 aliphatic carbocycles. The molecule has 0 spiro atoms. The van der Waals surface area contributed by atoms with Crippen molar-refractivity contribution in [3.63, 3.8) is 0 Å². The van der Waals surface area contributed by atoms with E-state index in [-0.39, 0.29) is 23.2 Å². The van der Waals surface area contributed by atoms with Crippen LogP contribution in [0.4, 0.5) is 0 Å². The average molecular weight is 376 g/mol. The number of ether oxygens (including phenoxy) is 2. The van der Waals surface area contributed by atoms with Gasteiger partial charge in [0.05, 0.1) is 18.1 Å². The molecular weight excluding hydrogens is 344 g/mol. The molecule has 0 unspecified atom stereocenters. The Hall–Kier alpha value is -2.17. The van der Waals surface area contributed by atoms with E-state index in [1.165, 1.54) is 38.5 Å². The highest BCUT2D eigenvalue weighted by molar-refractivity contribution is 5.89. The second-order valence-electron chi connectivity index (χ2n) is 7.19. The summed E-state index contributed by atoms with van der Waals surface area (Å²) in [6.07, 6.45) is 9.40. The van der Waals surface area contributed by atoms with Gasteiger partial charge < -0.3 is 19.0 Å². The van der Waals surface area contributed by atoms with Crippen LogP contribution in [0, 0.1) is 0 Å². The topological polar surface area (TPSA) is 68.9 Å². The second kappa shape index (κ2) is 10.9. The van der Waals surface area contributed by atoms with E-state index in [1.807, 2.05) is 13.8 Å². The van der Waals surface area contributed by atoms with Crippen LogP contribution in [-0.2, 0) is 0 Å². The summed E-state index contributed by atoms with van der Waals surface area (Å²) in [5, 5.41) is 10.9. The first kappa shape index (κ1) is 21.1. The van der Waals surface area contributed by atoms with E-state index in [4.69, 9.17) is 13.9 Å². The highest BCUT2D eigenvalue weighted by atomic mass is 16.5. The average Bonchev–Trinajstić information content (AvgIpc) is 2.63. The minimum atomic E-state index is -0.681. The van der Waals surface area contributed by atoms with Crippen LogP contribution in [0.15, 0.2) is 27.4 Å². The van der Waals surface area contributed by atoms with Crippen LogP contribution >= 0.6 is 0 Å². The van der Waals surface area contributed by atoms with Gasteiger partial charge in [0.1, 0.15) is 0 Å². The number of aromatic hydroxyl groups is 1. The van der Waals surface area contributed by atoms with E-state index in [2.05, 4.69) is 6.92 Å². The molecule has 5 heteroatoms. The minimum Gasteiger partial charge on any atom is -0.504 e. The highest BCUT2D eigenvalue weighted by Gasteiger charge is 2.18. The molecule has 27 heavy (non-hydrogen) atoms.